The molecule has 3 N–H and O–H groups in total. The number of hydrogen-bond acceptors (Lipinski definition) is 5. The van der Waals surface area contributed by atoms with E-state index in [4.69, 9.17) is 10.5 Å². The average Bonchev–Trinajstić information content (AvgIpc) is 3.11. The van der Waals surface area contributed by atoms with Gasteiger partial charge in [-0.25, -0.2) is 4.79 Å². The molecule has 1 aromatic carbocycles. The Morgan fingerprint density at radius 3 is 2.90 bits per heavy atom. The summed E-state index contributed by atoms with van der Waals surface area (Å²) in [5.41, 5.74) is 7.69. The van der Waals surface area contributed by atoms with E-state index in [9.17, 15) is 9.59 Å². The van der Waals surface area contributed by atoms with E-state index < -0.39 is 6.04 Å². The minimum absolute atomic E-state index is 0.290. The molecule has 1 aliphatic heterocycles. The monoisotopic (exact) mass is 302 g/mol. The normalized spacial score (nSPS) is 17.5. The minimum Gasteiger partial charge on any atom is -0.464 e. The number of nitrogen functional groups attached to an aromatic ring is 1. The molecule has 0 saturated carbocycles. The summed E-state index contributed by atoms with van der Waals surface area (Å²) in [6, 6.07) is 8.41. The lowest BCUT2D eigenvalue weighted by Crippen LogP contribution is -2.38. The second-order valence-electron chi connectivity index (χ2n) is 4.76. The highest BCUT2D eigenvalue weighted by Gasteiger charge is 2.29. The van der Waals surface area contributed by atoms with Crippen LogP contribution in [0.2, 0.25) is 0 Å². The van der Waals surface area contributed by atoms with Crippen LogP contribution in [-0.2, 0) is 9.53 Å². The lowest BCUT2D eigenvalue weighted by molar-refractivity contribution is -0.139. The fourth-order valence-corrected chi connectivity index (χ4v) is 3.02. The first-order chi connectivity index (χ1) is 10.1. The molecule has 0 spiro atoms. The maximum atomic E-state index is 12.4. The van der Waals surface area contributed by atoms with Crippen LogP contribution in [-0.4, -0.2) is 24.5 Å². The van der Waals surface area contributed by atoms with E-state index in [0.717, 1.165) is 10.4 Å². The van der Waals surface area contributed by atoms with Crippen molar-refractivity contribution in [2.75, 3.05) is 12.3 Å². The number of amides is 1. The van der Waals surface area contributed by atoms with Crippen molar-refractivity contribution in [3.05, 3.63) is 41.3 Å². The Morgan fingerprint density at radius 1 is 1.38 bits per heavy atom. The number of carbonyl (C=O) groups excluding carboxylic acids is 2. The number of nitrogens with two attached hydrogens (primary N) is 1. The van der Waals surface area contributed by atoms with E-state index in [1.165, 1.54) is 11.3 Å². The summed E-state index contributed by atoms with van der Waals surface area (Å²) in [5.74, 6) is -0.668. The maximum absolute atomic E-state index is 12.4. The van der Waals surface area contributed by atoms with Gasteiger partial charge in [-0.15, -0.1) is 11.3 Å². The fraction of sp³-hybridized carbons (Fsp3) is 0.200. The highest BCUT2D eigenvalue weighted by molar-refractivity contribution is 7.13. The van der Waals surface area contributed by atoms with Gasteiger partial charge in [0.1, 0.15) is 6.04 Å². The van der Waals surface area contributed by atoms with Gasteiger partial charge in [0.05, 0.1) is 6.61 Å². The molecular weight excluding hydrogens is 288 g/mol. The van der Waals surface area contributed by atoms with Crippen molar-refractivity contribution in [2.45, 2.75) is 12.5 Å². The Balaban J connectivity index is 1.91. The summed E-state index contributed by atoms with van der Waals surface area (Å²) >= 11 is 1.53. The SMILES string of the molecule is Nc1ccc(C(=O)N[C@H]2CCOC2=O)c(-c2cccs2)c1. The molecule has 0 radical (unpaired) electrons. The molecule has 1 fully saturated rings. The van der Waals surface area contributed by atoms with Crippen molar-refractivity contribution in [3.8, 4) is 10.4 Å². The van der Waals surface area contributed by atoms with Gasteiger partial charge in [0.25, 0.3) is 5.91 Å². The van der Waals surface area contributed by atoms with Crippen LogP contribution < -0.4 is 11.1 Å². The molecule has 1 saturated heterocycles. The highest BCUT2D eigenvalue weighted by Crippen LogP contribution is 2.30. The fourth-order valence-electron chi connectivity index (χ4n) is 2.26. The van der Waals surface area contributed by atoms with E-state index in [1.807, 2.05) is 17.5 Å². The predicted octanol–water partition coefficient (Wildman–Crippen LogP) is 2.04. The number of esters is 1. The molecule has 3 rings (SSSR count). The zero-order valence-electron chi connectivity index (χ0n) is 11.2. The minimum atomic E-state index is -0.564. The largest absolute Gasteiger partial charge is 0.464 e. The van der Waals surface area contributed by atoms with Crippen LogP contribution in [0.5, 0.6) is 0 Å². The summed E-state index contributed by atoms with van der Waals surface area (Å²) < 4.78 is 4.85. The molecule has 5 nitrogen and oxygen atoms in total. The number of nitrogens with one attached hydrogen (secondary N) is 1. The van der Waals surface area contributed by atoms with Crippen LogP contribution in [0, 0.1) is 0 Å². The van der Waals surface area contributed by atoms with E-state index in [0.29, 0.717) is 24.3 Å². The zero-order valence-corrected chi connectivity index (χ0v) is 12.0. The molecule has 1 aliphatic rings. The third kappa shape index (κ3) is 2.75. The quantitative estimate of drug-likeness (QED) is 0.671. The molecular formula is C15H14N2O3S. The number of rotatable bonds is 3. The Labute approximate surface area is 125 Å². The first-order valence-corrected chi connectivity index (χ1v) is 7.44. The third-order valence-corrected chi connectivity index (χ3v) is 4.22. The summed E-state index contributed by atoms with van der Waals surface area (Å²) in [6.45, 7) is 0.350. The van der Waals surface area contributed by atoms with E-state index in [-0.39, 0.29) is 11.9 Å². The van der Waals surface area contributed by atoms with Gasteiger partial charge in [0, 0.05) is 28.1 Å². The van der Waals surface area contributed by atoms with Crippen molar-refractivity contribution in [2.24, 2.45) is 0 Å². The number of cyclic esters (lactones) is 1. The molecule has 1 amide bonds. The summed E-state index contributed by atoms with van der Waals surface area (Å²) in [7, 11) is 0. The lowest BCUT2D eigenvalue weighted by atomic mass is 10.0. The number of ether oxygens (including phenoxy) is 1. The zero-order chi connectivity index (χ0) is 14.8. The molecule has 2 aromatic rings. The van der Waals surface area contributed by atoms with Gasteiger partial charge in [-0.3, -0.25) is 4.79 Å². The topological polar surface area (TPSA) is 81.4 Å². The van der Waals surface area contributed by atoms with Crippen LogP contribution in [0.1, 0.15) is 16.8 Å². The standard InChI is InChI=1S/C15H14N2O3S/c16-9-3-4-10(11(8-9)13-2-1-7-21-13)14(18)17-12-5-6-20-15(12)19/h1-4,7-8,12H,5-6,16H2,(H,17,18)/t12-/m0/s1. The number of hydrogen-bond donors (Lipinski definition) is 2. The van der Waals surface area contributed by atoms with Crippen molar-refractivity contribution >= 4 is 28.9 Å². The van der Waals surface area contributed by atoms with Crippen LogP contribution in [0.25, 0.3) is 10.4 Å². The van der Waals surface area contributed by atoms with Gasteiger partial charge in [0.2, 0.25) is 0 Å². The van der Waals surface area contributed by atoms with Crippen LogP contribution in [0.4, 0.5) is 5.69 Å². The predicted molar refractivity (Wildman–Crippen MR) is 81.0 cm³/mol. The van der Waals surface area contributed by atoms with Crippen LogP contribution >= 0.6 is 11.3 Å². The van der Waals surface area contributed by atoms with Gasteiger partial charge < -0.3 is 15.8 Å². The molecule has 6 heteroatoms. The van der Waals surface area contributed by atoms with Gasteiger partial charge in [0.15, 0.2) is 0 Å². The number of carbonyl (C=O) groups is 2. The second-order valence-corrected chi connectivity index (χ2v) is 5.71. The van der Waals surface area contributed by atoms with Crippen LogP contribution in [0.3, 0.4) is 0 Å². The molecule has 108 valence electrons. The van der Waals surface area contributed by atoms with Gasteiger partial charge in [-0.2, -0.15) is 0 Å². The molecule has 0 bridgehead atoms. The maximum Gasteiger partial charge on any atom is 0.328 e. The average molecular weight is 302 g/mol. The van der Waals surface area contributed by atoms with Gasteiger partial charge in [-0.05, 0) is 29.6 Å². The van der Waals surface area contributed by atoms with Crippen molar-refractivity contribution < 1.29 is 14.3 Å². The smallest absolute Gasteiger partial charge is 0.328 e. The molecule has 1 atom stereocenters. The summed E-state index contributed by atoms with van der Waals surface area (Å²) in [5, 5.41) is 4.66. The molecule has 0 unspecified atom stereocenters. The third-order valence-electron chi connectivity index (χ3n) is 3.32. The van der Waals surface area contributed by atoms with Crippen molar-refractivity contribution in [1.82, 2.24) is 5.32 Å². The Morgan fingerprint density at radius 2 is 2.24 bits per heavy atom. The van der Waals surface area contributed by atoms with Gasteiger partial charge >= 0.3 is 5.97 Å². The first kappa shape index (κ1) is 13.6. The van der Waals surface area contributed by atoms with E-state index in [2.05, 4.69) is 5.32 Å². The number of thiophene rings is 1. The lowest BCUT2D eigenvalue weighted by Gasteiger charge is -2.12. The summed E-state index contributed by atoms with van der Waals surface area (Å²) in [4.78, 5) is 24.8. The highest BCUT2D eigenvalue weighted by atomic mass is 32.1. The number of benzene rings is 1. The first-order valence-electron chi connectivity index (χ1n) is 6.56. The Kier molecular flexibility index (Phi) is 3.62. The van der Waals surface area contributed by atoms with Crippen molar-refractivity contribution in [1.29, 1.82) is 0 Å². The summed E-state index contributed by atoms with van der Waals surface area (Å²) in [6.07, 6.45) is 0.508. The Hall–Kier alpha value is -2.34. The van der Waals surface area contributed by atoms with Gasteiger partial charge in [-0.1, -0.05) is 6.07 Å². The molecule has 2 heterocycles. The van der Waals surface area contributed by atoms with Crippen LogP contribution in [0.15, 0.2) is 35.7 Å². The molecule has 1 aromatic heterocycles. The van der Waals surface area contributed by atoms with E-state index in [1.54, 1.807) is 18.2 Å². The molecule has 0 aliphatic carbocycles. The second kappa shape index (κ2) is 5.57. The van der Waals surface area contributed by atoms with E-state index >= 15 is 0 Å². The molecule has 21 heavy (non-hydrogen) atoms. The van der Waals surface area contributed by atoms with Crippen molar-refractivity contribution in [3.63, 3.8) is 0 Å². The Bertz CT molecular complexity index is 682. The number of anilines is 1.